The van der Waals surface area contributed by atoms with Gasteiger partial charge in [-0.25, -0.2) is 0 Å². The average molecular weight is 639 g/mol. The van der Waals surface area contributed by atoms with Crippen LogP contribution in [0, 0.1) is 0 Å². The first-order valence-electron chi connectivity index (χ1n) is 16.0. The predicted octanol–water partition coefficient (Wildman–Crippen LogP) is 10.0. The molecular formula is C40H38N4O4. The first-order valence-corrected chi connectivity index (χ1v) is 16.0. The van der Waals surface area contributed by atoms with Crippen LogP contribution in [0.4, 0.5) is 0 Å². The van der Waals surface area contributed by atoms with Crippen molar-refractivity contribution in [1.82, 2.24) is 20.4 Å². The van der Waals surface area contributed by atoms with Crippen LogP contribution in [0.15, 0.2) is 93.8 Å². The van der Waals surface area contributed by atoms with Crippen molar-refractivity contribution >= 4 is 21.5 Å². The first kappa shape index (κ1) is 31.1. The third-order valence-corrected chi connectivity index (χ3v) is 8.80. The van der Waals surface area contributed by atoms with Gasteiger partial charge in [0.05, 0.1) is 25.3 Å². The molecular weight excluding hydrogens is 600 g/mol. The molecule has 0 fully saturated rings. The highest BCUT2D eigenvalue weighted by Gasteiger charge is 2.27. The van der Waals surface area contributed by atoms with Gasteiger partial charge in [-0.2, -0.15) is 0 Å². The normalized spacial score (nSPS) is 12.2. The zero-order valence-electron chi connectivity index (χ0n) is 28.5. The Balaban J connectivity index is 1.52. The largest absolute Gasteiger partial charge is 0.497 e. The van der Waals surface area contributed by atoms with Crippen molar-refractivity contribution < 1.29 is 18.3 Å². The fourth-order valence-corrected chi connectivity index (χ4v) is 5.97. The van der Waals surface area contributed by atoms with Gasteiger partial charge in [0.25, 0.3) is 0 Å². The summed E-state index contributed by atoms with van der Waals surface area (Å²) in [5, 5.41) is 22.0. The number of hydrogen-bond donors (Lipinski definition) is 0. The molecule has 2 heterocycles. The van der Waals surface area contributed by atoms with E-state index in [-0.39, 0.29) is 10.8 Å². The van der Waals surface area contributed by atoms with Gasteiger partial charge in [0.15, 0.2) is 0 Å². The Morgan fingerprint density at radius 1 is 0.438 bits per heavy atom. The van der Waals surface area contributed by atoms with E-state index in [9.17, 15) is 0 Å². The molecule has 5 aromatic carbocycles. The topological polar surface area (TPSA) is 96.3 Å². The molecule has 48 heavy (non-hydrogen) atoms. The maximum Gasteiger partial charge on any atom is 0.249 e. The summed E-state index contributed by atoms with van der Waals surface area (Å²) in [6.07, 6.45) is 0. The highest BCUT2D eigenvalue weighted by Crippen LogP contribution is 2.46. The Morgan fingerprint density at radius 3 is 1.12 bits per heavy atom. The second-order valence-electron chi connectivity index (χ2n) is 14.1. The van der Waals surface area contributed by atoms with E-state index in [1.54, 1.807) is 14.2 Å². The SMILES string of the molecule is COc1ccc(-c2nnc(-c3c4ccc(C(C)(C)C)cc4c(-c4nnc(-c5ccc(OC)cc5)o4)c4ccc(C(C)(C)C)cc34)o2)cc1. The lowest BCUT2D eigenvalue weighted by Crippen LogP contribution is -2.11. The lowest BCUT2D eigenvalue weighted by molar-refractivity contribution is 0.414. The number of aromatic nitrogens is 4. The number of benzene rings is 5. The molecule has 2 aromatic heterocycles. The molecule has 0 aliphatic heterocycles. The molecule has 242 valence electrons. The van der Waals surface area contributed by atoms with E-state index in [1.807, 2.05) is 48.5 Å². The zero-order chi connectivity index (χ0) is 33.8. The van der Waals surface area contributed by atoms with Crippen LogP contribution in [0.3, 0.4) is 0 Å². The van der Waals surface area contributed by atoms with Crippen LogP contribution in [0.5, 0.6) is 11.5 Å². The highest BCUT2D eigenvalue weighted by molar-refractivity contribution is 6.20. The molecule has 8 heteroatoms. The van der Waals surface area contributed by atoms with Gasteiger partial charge in [-0.3, -0.25) is 0 Å². The number of ether oxygens (including phenoxy) is 2. The molecule has 0 bridgehead atoms. The Kier molecular flexibility index (Phi) is 7.54. The van der Waals surface area contributed by atoms with Crippen molar-refractivity contribution in [3.05, 3.63) is 96.1 Å². The van der Waals surface area contributed by atoms with Crippen molar-refractivity contribution in [3.8, 4) is 57.3 Å². The fourth-order valence-electron chi connectivity index (χ4n) is 5.97. The smallest absolute Gasteiger partial charge is 0.249 e. The zero-order valence-corrected chi connectivity index (χ0v) is 28.5. The van der Waals surface area contributed by atoms with Crippen LogP contribution in [0.25, 0.3) is 67.4 Å². The van der Waals surface area contributed by atoms with Gasteiger partial charge in [-0.15, -0.1) is 20.4 Å². The van der Waals surface area contributed by atoms with Crippen LogP contribution in [0.1, 0.15) is 52.7 Å². The molecule has 0 saturated carbocycles. The Labute approximate surface area is 279 Å². The Hall–Kier alpha value is -5.50. The van der Waals surface area contributed by atoms with E-state index in [2.05, 4.69) is 98.3 Å². The van der Waals surface area contributed by atoms with Gasteiger partial charge in [-0.05, 0) is 104 Å². The quantitative estimate of drug-likeness (QED) is 0.166. The van der Waals surface area contributed by atoms with Crippen molar-refractivity contribution in [1.29, 1.82) is 0 Å². The third kappa shape index (κ3) is 5.57. The molecule has 0 radical (unpaired) electrons. The van der Waals surface area contributed by atoms with Gasteiger partial charge in [0.1, 0.15) is 11.5 Å². The molecule has 0 spiro atoms. The minimum absolute atomic E-state index is 0.105. The summed E-state index contributed by atoms with van der Waals surface area (Å²) < 4.78 is 23.6. The van der Waals surface area contributed by atoms with Crippen molar-refractivity contribution in [2.45, 2.75) is 52.4 Å². The van der Waals surface area contributed by atoms with E-state index in [0.29, 0.717) is 23.6 Å². The molecule has 7 aromatic rings. The molecule has 0 unspecified atom stereocenters. The number of hydrogen-bond acceptors (Lipinski definition) is 8. The van der Waals surface area contributed by atoms with Crippen LogP contribution in [0.2, 0.25) is 0 Å². The predicted molar refractivity (Wildman–Crippen MR) is 189 cm³/mol. The average Bonchev–Trinajstić information content (AvgIpc) is 3.77. The second kappa shape index (κ2) is 11.6. The van der Waals surface area contributed by atoms with Crippen LogP contribution < -0.4 is 9.47 Å². The minimum Gasteiger partial charge on any atom is -0.497 e. The number of nitrogens with zero attached hydrogens (tertiary/aromatic N) is 4. The van der Waals surface area contributed by atoms with Crippen LogP contribution in [-0.2, 0) is 10.8 Å². The third-order valence-electron chi connectivity index (χ3n) is 8.80. The highest BCUT2D eigenvalue weighted by atomic mass is 16.5. The summed E-state index contributed by atoms with van der Waals surface area (Å²) in [5.74, 6) is 3.23. The maximum absolute atomic E-state index is 6.47. The van der Waals surface area contributed by atoms with E-state index in [0.717, 1.165) is 55.3 Å². The molecule has 0 amide bonds. The molecule has 0 aliphatic rings. The van der Waals surface area contributed by atoms with Crippen molar-refractivity contribution in [3.63, 3.8) is 0 Å². The summed E-state index contributed by atoms with van der Waals surface area (Å²) in [6.45, 7) is 13.2. The standard InChI is InChI=1S/C40H38N4O4/c1-39(2,3)25-13-19-29-31(21-25)33(37-43-41-35(47-37)23-9-15-27(45-7)16-10-23)30-20-14-26(40(4,5)6)22-32(30)34(29)38-44-42-36(48-38)24-11-17-28(46-8)18-12-24/h9-22H,1-8H3. The van der Waals surface area contributed by atoms with Crippen LogP contribution >= 0.6 is 0 Å². The molecule has 0 atom stereocenters. The summed E-state index contributed by atoms with van der Waals surface area (Å²) in [4.78, 5) is 0. The fraction of sp³-hybridized carbons (Fsp3) is 0.250. The van der Waals surface area contributed by atoms with Gasteiger partial charge >= 0.3 is 0 Å². The van der Waals surface area contributed by atoms with Gasteiger partial charge in [-0.1, -0.05) is 65.8 Å². The summed E-state index contributed by atoms with van der Waals surface area (Å²) in [5.41, 5.74) is 5.47. The summed E-state index contributed by atoms with van der Waals surface area (Å²) >= 11 is 0. The van der Waals surface area contributed by atoms with Crippen molar-refractivity contribution in [2.75, 3.05) is 14.2 Å². The monoisotopic (exact) mass is 638 g/mol. The molecule has 7 rings (SSSR count). The van der Waals surface area contributed by atoms with E-state index in [1.165, 1.54) is 11.1 Å². The molecule has 0 aliphatic carbocycles. The van der Waals surface area contributed by atoms with Gasteiger partial charge in [0, 0.05) is 11.1 Å². The van der Waals surface area contributed by atoms with Gasteiger partial charge in [0.2, 0.25) is 23.6 Å². The van der Waals surface area contributed by atoms with E-state index >= 15 is 0 Å². The molecule has 0 N–H and O–H groups in total. The lowest BCUT2D eigenvalue weighted by Gasteiger charge is -2.23. The first-order chi connectivity index (χ1) is 22.9. The van der Waals surface area contributed by atoms with Gasteiger partial charge < -0.3 is 18.3 Å². The minimum atomic E-state index is -0.105. The van der Waals surface area contributed by atoms with Crippen molar-refractivity contribution in [2.24, 2.45) is 0 Å². The summed E-state index contributed by atoms with van der Waals surface area (Å²) in [7, 11) is 3.29. The van der Waals surface area contributed by atoms with E-state index in [4.69, 9.17) is 18.3 Å². The summed E-state index contributed by atoms with van der Waals surface area (Å²) in [6, 6.07) is 28.3. The number of methoxy groups -OCH3 is 2. The Bertz CT molecular complexity index is 2110. The second-order valence-corrected chi connectivity index (χ2v) is 14.1. The lowest BCUT2D eigenvalue weighted by atomic mass is 9.81. The Morgan fingerprint density at radius 2 is 0.792 bits per heavy atom. The number of rotatable bonds is 6. The van der Waals surface area contributed by atoms with Crippen LogP contribution in [-0.4, -0.2) is 34.6 Å². The molecule has 8 nitrogen and oxygen atoms in total. The molecule has 0 saturated heterocycles. The number of fused-ring (bicyclic) bond motifs is 2. The van der Waals surface area contributed by atoms with E-state index < -0.39 is 0 Å². The maximum atomic E-state index is 6.47.